The van der Waals surface area contributed by atoms with Crippen molar-refractivity contribution in [2.45, 2.75) is 6.92 Å². The number of carbonyl (C=O) groups excluding carboxylic acids is 1. The van der Waals surface area contributed by atoms with Gasteiger partial charge in [0.25, 0.3) is 5.56 Å². The Morgan fingerprint density at radius 1 is 1.10 bits per heavy atom. The molecular formula is C28H28N8O4. The van der Waals surface area contributed by atoms with Crippen molar-refractivity contribution in [3.63, 3.8) is 0 Å². The van der Waals surface area contributed by atoms with Gasteiger partial charge in [0.2, 0.25) is 11.9 Å². The van der Waals surface area contributed by atoms with Crippen LogP contribution < -0.4 is 25.8 Å². The molecule has 0 radical (unpaired) electrons. The number of fused-ring (bicyclic) bond motifs is 1. The van der Waals surface area contributed by atoms with Gasteiger partial charge in [-0.1, -0.05) is 12.6 Å². The maximum atomic E-state index is 13.2. The van der Waals surface area contributed by atoms with Gasteiger partial charge < -0.3 is 20.3 Å². The number of piperazine rings is 1. The van der Waals surface area contributed by atoms with E-state index >= 15 is 0 Å². The number of hydrogen-bond donors (Lipinski definition) is 2. The number of rotatable bonds is 8. The molecule has 1 saturated heterocycles. The molecule has 4 aromatic rings. The molecule has 1 aliphatic rings. The van der Waals surface area contributed by atoms with Gasteiger partial charge in [-0.05, 0) is 48.9 Å². The van der Waals surface area contributed by atoms with Crippen LogP contribution >= 0.6 is 0 Å². The normalized spacial score (nSPS) is 13.2. The smallest absolute Gasteiger partial charge is 0.257 e. The molecular weight excluding hydrogens is 512 g/mol. The summed E-state index contributed by atoms with van der Waals surface area (Å²) in [6.45, 7) is 7.76. The first kappa shape index (κ1) is 26.4. The Kier molecular flexibility index (Phi) is 7.40. The minimum atomic E-state index is -0.354. The number of pyridine rings is 1. The molecule has 2 aromatic carbocycles. The molecule has 0 atom stereocenters. The summed E-state index contributed by atoms with van der Waals surface area (Å²) in [5.74, 6) is 0.510. The van der Waals surface area contributed by atoms with E-state index in [0.717, 1.165) is 11.3 Å². The molecule has 0 saturated carbocycles. The molecule has 1 amide bonds. The highest BCUT2D eigenvalue weighted by Gasteiger charge is 2.19. The van der Waals surface area contributed by atoms with Crippen molar-refractivity contribution in [2.75, 3.05) is 48.8 Å². The predicted octanol–water partition coefficient (Wildman–Crippen LogP) is 3.77. The lowest BCUT2D eigenvalue weighted by atomic mass is 10.2. The molecule has 1 aliphatic heterocycles. The molecule has 0 spiro atoms. The second kappa shape index (κ2) is 11.2. The summed E-state index contributed by atoms with van der Waals surface area (Å²) >= 11 is 0. The van der Waals surface area contributed by atoms with Crippen molar-refractivity contribution in [3.8, 4) is 11.4 Å². The summed E-state index contributed by atoms with van der Waals surface area (Å²) in [5, 5.41) is 11.2. The fraction of sp³-hybridized carbons (Fsp3) is 0.214. The number of aromatic nitrogens is 3. The summed E-state index contributed by atoms with van der Waals surface area (Å²) in [7, 11) is 1.58. The van der Waals surface area contributed by atoms with Crippen molar-refractivity contribution in [1.29, 1.82) is 0 Å². The number of nitrogens with one attached hydrogen (secondary N) is 2. The van der Waals surface area contributed by atoms with E-state index in [2.05, 4.69) is 32.4 Å². The van der Waals surface area contributed by atoms with Gasteiger partial charge in [0.15, 0.2) is 5.65 Å². The van der Waals surface area contributed by atoms with Crippen LogP contribution in [0.1, 0.15) is 5.56 Å². The van der Waals surface area contributed by atoms with E-state index in [1.54, 1.807) is 37.6 Å². The van der Waals surface area contributed by atoms with E-state index in [0.29, 0.717) is 60.0 Å². The van der Waals surface area contributed by atoms with Crippen LogP contribution in [0.5, 0.6) is 5.75 Å². The SMILES string of the molecule is C=CC(=O)Nc1cccc(-n2c(=O)cc(C)c3cnc(Nc4ccc(N5CCN(N=O)CC5)cc4OC)nc32)c1. The van der Waals surface area contributed by atoms with Crippen LogP contribution in [0.25, 0.3) is 16.7 Å². The zero-order valence-corrected chi connectivity index (χ0v) is 22.1. The second-order valence-electron chi connectivity index (χ2n) is 9.21. The van der Waals surface area contributed by atoms with Gasteiger partial charge in [0.05, 0.1) is 36.9 Å². The quantitative estimate of drug-likeness (QED) is 0.253. The van der Waals surface area contributed by atoms with Crippen molar-refractivity contribution in [3.05, 3.63) is 88.2 Å². The number of hydrogen-bond acceptors (Lipinski definition) is 9. The van der Waals surface area contributed by atoms with Gasteiger partial charge >= 0.3 is 0 Å². The lowest BCUT2D eigenvalue weighted by Gasteiger charge is -2.33. The number of methoxy groups -OCH3 is 1. The number of ether oxygens (including phenoxy) is 1. The maximum Gasteiger partial charge on any atom is 0.257 e. The minimum Gasteiger partial charge on any atom is -0.494 e. The number of nitroso groups, excluding NO2 is 1. The van der Waals surface area contributed by atoms with Gasteiger partial charge in [-0.2, -0.15) is 4.98 Å². The molecule has 12 nitrogen and oxygen atoms in total. The zero-order valence-electron chi connectivity index (χ0n) is 22.1. The van der Waals surface area contributed by atoms with Crippen molar-refractivity contribution in [1.82, 2.24) is 19.5 Å². The summed E-state index contributed by atoms with van der Waals surface area (Å²) in [6.07, 6.45) is 2.85. The minimum absolute atomic E-state index is 0.270. The molecule has 5 rings (SSSR count). The van der Waals surface area contributed by atoms with Crippen LogP contribution in [0.4, 0.5) is 23.0 Å². The third kappa shape index (κ3) is 5.32. The Morgan fingerprint density at radius 2 is 1.90 bits per heavy atom. The molecule has 40 heavy (non-hydrogen) atoms. The van der Waals surface area contributed by atoms with Crippen molar-refractivity contribution >= 4 is 40.0 Å². The van der Waals surface area contributed by atoms with Crippen LogP contribution in [-0.2, 0) is 4.79 Å². The first-order chi connectivity index (χ1) is 19.4. The largest absolute Gasteiger partial charge is 0.494 e. The van der Waals surface area contributed by atoms with E-state index in [1.807, 2.05) is 25.1 Å². The zero-order chi connectivity index (χ0) is 28.2. The monoisotopic (exact) mass is 540 g/mol. The summed E-state index contributed by atoms with van der Waals surface area (Å²) < 4.78 is 7.12. The number of amides is 1. The van der Waals surface area contributed by atoms with Gasteiger partial charge in [-0.25, -0.2) is 4.98 Å². The van der Waals surface area contributed by atoms with E-state index in [4.69, 9.17) is 9.72 Å². The highest BCUT2D eigenvalue weighted by molar-refractivity contribution is 5.99. The third-order valence-corrected chi connectivity index (χ3v) is 6.69. The highest BCUT2D eigenvalue weighted by atomic mass is 16.5. The molecule has 1 fully saturated rings. The average molecular weight is 541 g/mol. The first-order valence-electron chi connectivity index (χ1n) is 12.6. The number of benzene rings is 2. The lowest BCUT2D eigenvalue weighted by molar-refractivity contribution is -0.111. The fourth-order valence-electron chi connectivity index (χ4n) is 4.62. The Balaban J connectivity index is 1.49. The number of aryl methyl sites for hydroxylation is 1. The Hall–Kier alpha value is -5.26. The van der Waals surface area contributed by atoms with Crippen molar-refractivity contribution < 1.29 is 9.53 Å². The Morgan fingerprint density at radius 3 is 2.62 bits per heavy atom. The van der Waals surface area contributed by atoms with E-state index < -0.39 is 0 Å². The lowest BCUT2D eigenvalue weighted by Crippen LogP contribution is -2.43. The van der Waals surface area contributed by atoms with Crippen molar-refractivity contribution in [2.24, 2.45) is 5.29 Å². The molecule has 204 valence electrons. The van der Waals surface area contributed by atoms with E-state index in [1.165, 1.54) is 21.7 Å². The average Bonchev–Trinajstić information content (AvgIpc) is 2.97. The van der Waals surface area contributed by atoms with E-state index in [9.17, 15) is 14.5 Å². The molecule has 12 heteroatoms. The molecule has 0 aliphatic carbocycles. The third-order valence-electron chi connectivity index (χ3n) is 6.69. The first-order valence-corrected chi connectivity index (χ1v) is 12.6. The number of nitrogens with zero attached hydrogens (tertiary/aromatic N) is 6. The van der Waals surface area contributed by atoms with Gasteiger partial charge in [0, 0.05) is 48.2 Å². The van der Waals surface area contributed by atoms with Crippen LogP contribution in [0.2, 0.25) is 0 Å². The van der Waals surface area contributed by atoms with Crippen LogP contribution in [0.3, 0.4) is 0 Å². The molecule has 3 heterocycles. The van der Waals surface area contributed by atoms with E-state index in [-0.39, 0.29) is 17.4 Å². The number of anilines is 4. The standard InChI is InChI=1S/C28H28N8O4/c1-4-25(37)30-19-6-5-7-21(15-19)36-26(38)14-18(2)22-17-29-28(32-27(22)36)31-23-9-8-20(16-24(23)40-3)34-10-12-35(33-39)13-11-34/h4-9,14-17H,1,10-13H2,2-3H3,(H,30,37)(H,29,31,32). The van der Waals surface area contributed by atoms with Crippen LogP contribution in [0.15, 0.2) is 77.5 Å². The molecule has 0 unspecified atom stereocenters. The molecule has 2 N–H and O–H groups in total. The number of carbonyl (C=O) groups is 1. The Bertz CT molecular complexity index is 1660. The summed E-state index contributed by atoms with van der Waals surface area (Å²) in [6, 6.07) is 14.2. The van der Waals surface area contributed by atoms with Gasteiger partial charge in [-0.15, -0.1) is 4.91 Å². The molecule has 0 bridgehead atoms. The van der Waals surface area contributed by atoms with Crippen LogP contribution in [0, 0.1) is 11.8 Å². The molecule has 2 aromatic heterocycles. The second-order valence-corrected chi connectivity index (χ2v) is 9.21. The fourth-order valence-corrected chi connectivity index (χ4v) is 4.62. The van der Waals surface area contributed by atoms with Gasteiger partial charge in [-0.3, -0.25) is 19.2 Å². The summed E-state index contributed by atoms with van der Waals surface area (Å²) in [4.78, 5) is 47.1. The maximum absolute atomic E-state index is 13.2. The Labute approximate surface area is 229 Å². The van der Waals surface area contributed by atoms with Gasteiger partial charge in [0.1, 0.15) is 5.75 Å². The van der Waals surface area contributed by atoms with Crippen LogP contribution in [-0.4, -0.2) is 58.7 Å². The summed E-state index contributed by atoms with van der Waals surface area (Å²) in [5.41, 5.74) is 3.54. The topological polar surface area (TPSA) is 134 Å². The predicted molar refractivity (Wildman–Crippen MR) is 155 cm³/mol. The highest BCUT2D eigenvalue weighted by Crippen LogP contribution is 2.32.